The Kier molecular flexibility index (Phi) is 5.97. The minimum Gasteiger partial charge on any atom is -0.450 e. The number of ether oxygens (including phenoxy) is 1. The molecule has 1 aliphatic rings. The molecule has 0 aromatic heterocycles. The molecule has 0 atom stereocenters. The molecule has 3 rings (SSSR count). The van der Waals surface area contributed by atoms with E-state index in [1.165, 1.54) is 23.3 Å². The van der Waals surface area contributed by atoms with E-state index in [2.05, 4.69) is 4.72 Å². The summed E-state index contributed by atoms with van der Waals surface area (Å²) < 4.78 is 33.0. The van der Waals surface area contributed by atoms with Gasteiger partial charge in [0.2, 0.25) is 15.8 Å². The smallest absolute Gasteiger partial charge is 0.312 e. The molecule has 8 nitrogen and oxygen atoms in total. The monoisotopic (exact) mass is 406 g/mol. The number of nitrogens with one attached hydrogen (secondary N) is 2. The van der Waals surface area contributed by atoms with Crippen molar-refractivity contribution < 1.29 is 23.0 Å². The van der Waals surface area contributed by atoms with Crippen molar-refractivity contribution in [3.8, 4) is 11.5 Å². The van der Waals surface area contributed by atoms with E-state index in [0.717, 1.165) is 30.2 Å². The average molecular weight is 406 g/mol. The highest BCUT2D eigenvalue weighted by Gasteiger charge is 2.23. The van der Waals surface area contributed by atoms with Crippen molar-refractivity contribution in [3.05, 3.63) is 57.6 Å². The zero-order valence-corrected chi connectivity index (χ0v) is 16.7. The van der Waals surface area contributed by atoms with Crippen molar-refractivity contribution in [2.45, 2.75) is 24.2 Å². The van der Waals surface area contributed by atoms with Crippen LogP contribution in [0.1, 0.15) is 17.5 Å². The van der Waals surface area contributed by atoms with Gasteiger partial charge in [0.1, 0.15) is 5.75 Å². The largest absolute Gasteiger partial charge is 0.450 e. The molecule has 2 aromatic carbocycles. The summed E-state index contributed by atoms with van der Waals surface area (Å²) in [6.07, 6.45) is 3.09. The van der Waals surface area contributed by atoms with Crippen LogP contribution in [0, 0.1) is 10.1 Å². The number of hydrogen-bond donors (Lipinski definition) is 2. The molecule has 0 aliphatic heterocycles. The summed E-state index contributed by atoms with van der Waals surface area (Å²) in [5.41, 5.74) is 2.07. The molecule has 28 heavy (non-hydrogen) atoms. The number of nitro benzene ring substituents is 1. The first kappa shape index (κ1) is 20.2. The van der Waals surface area contributed by atoms with Gasteiger partial charge in [-0.1, -0.05) is 6.07 Å². The zero-order chi connectivity index (χ0) is 20.3. The van der Waals surface area contributed by atoms with Gasteiger partial charge in [0.15, 0.2) is 0 Å². The summed E-state index contributed by atoms with van der Waals surface area (Å²) in [5.74, 6) is 0.520. The Labute approximate surface area is 164 Å². The second kappa shape index (κ2) is 8.26. The predicted octanol–water partition coefficient (Wildman–Crippen LogP) is 1.30. The number of fused-ring (bicyclic) bond motifs is 1. The fourth-order valence-electron chi connectivity index (χ4n) is 3.15. The van der Waals surface area contributed by atoms with Gasteiger partial charge in [-0.3, -0.25) is 10.1 Å². The summed E-state index contributed by atoms with van der Waals surface area (Å²) in [5, 5.41) is 11.5. The topological polar surface area (TPSA) is 103 Å². The SMILES string of the molecule is C[NH+](C)CCNS(=O)(=O)c1ccc(Oc2ccc3c(c2)CCC3)c([N+](=O)[O-])c1. The Morgan fingerprint density at radius 2 is 1.89 bits per heavy atom. The highest BCUT2D eigenvalue weighted by atomic mass is 32.2. The molecule has 1 aliphatic carbocycles. The van der Waals surface area contributed by atoms with E-state index >= 15 is 0 Å². The number of rotatable bonds is 8. The molecular weight excluding hydrogens is 382 g/mol. The van der Waals surface area contributed by atoms with Crippen LogP contribution in [0.15, 0.2) is 41.3 Å². The van der Waals surface area contributed by atoms with Gasteiger partial charge in [-0.25, -0.2) is 13.1 Å². The number of sulfonamides is 1. The lowest BCUT2D eigenvalue weighted by Gasteiger charge is -2.11. The molecule has 0 heterocycles. The first-order chi connectivity index (χ1) is 13.3. The summed E-state index contributed by atoms with van der Waals surface area (Å²) in [6, 6.07) is 9.33. The number of aryl methyl sites for hydroxylation is 2. The van der Waals surface area contributed by atoms with Gasteiger partial charge < -0.3 is 9.64 Å². The van der Waals surface area contributed by atoms with E-state index in [1.54, 1.807) is 6.07 Å². The normalized spacial score (nSPS) is 13.5. The van der Waals surface area contributed by atoms with Gasteiger partial charge in [0.25, 0.3) is 0 Å². The van der Waals surface area contributed by atoms with Crippen LogP contribution in [0.25, 0.3) is 0 Å². The van der Waals surface area contributed by atoms with E-state index < -0.39 is 14.9 Å². The van der Waals surface area contributed by atoms with Crippen molar-refractivity contribution in [1.29, 1.82) is 0 Å². The third-order valence-corrected chi connectivity index (χ3v) is 6.11. The number of quaternary nitrogens is 1. The van der Waals surface area contributed by atoms with E-state index in [1.807, 2.05) is 26.2 Å². The number of nitro groups is 1. The fourth-order valence-corrected chi connectivity index (χ4v) is 4.20. The number of benzene rings is 2. The van der Waals surface area contributed by atoms with Crippen LogP contribution < -0.4 is 14.4 Å². The maximum absolute atomic E-state index is 12.4. The molecule has 0 unspecified atom stereocenters. The van der Waals surface area contributed by atoms with Crippen molar-refractivity contribution in [2.24, 2.45) is 0 Å². The molecule has 0 bridgehead atoms. The third kappa shape index (κ3) is 4.67. The minimum atomic E-state index is -3.83. The molecule has 2 aromatic rings. The molecule has 150 valence electrons. The summed E-state index contributed by atoms with van der Waals surface area (Å²) in [4.78, 5) is 11.8. The van der Waals surface area contributed by atoms with E-state index in [4.69, 9.17) is 4.74 Å². The third-order valence-electron chi connectivity index (χ3n) is 4.65. The number of nitrogens with zero attached hydrogens (tertiary/aromatic N) is 1. The minimum absolute atomic E-state index is 0.0135. The van der Waals surface area contributed by atoms with E-state index in [-0.39, 0.29) is 22.9 Å². The lowest BCUT2D eigenvalue weighted by molar-refractivity contribution is -0.856. The quantitative estimate of drug-likeness (QED) is 0.508. The van der Waals surface area contributed by atoms with Crippen molar-refractivity contribution in [2.75, 3.05) is 27.2 Å². The van der Waals surface area contributed by atoms with Crippen molar-refractivity contribution >= 4 is 15.7 Å². The summed E-state index contributed by atoms with van der Waals surface area (Å²) >= 11 is 0. The van der Waals surface area contributed by atoms with E-state index in [9.17, 15) is 18.5 Å². The first-order valence-electron chi connectivity index (χ1n) is 9.13. The van der Waals surface area contributed by atoms with Gasteiger partial charge >= 0.3 is 5.69 Å². The van der Waals surface area contributed by atoms with Crippen LogP contribution >= 0.6 is 0 Å². The Balaban J connectivity index is 1.84. The Bertz CT molecular complexity index is 989. The maximum atomic E-state index is 12.4. The number of likely N-dealkylation sites (N-methyl/N-ethyl adjacent to an activating group) is 1. The maximum Gasteiger partial charge on any atom is 0.312 e. The van der Waals surface area contributed by atoms with Crippen LogP contribution in [-0.2, 0) is 22.9 Å². The van der Waals surface area contributed by atoms with Gasteiger partial charge in [0.05, 0.1) is 37.0 Å². The molecule has 0 saturated heterocycles. The van der Waals surface area contributed by atoms with Crippen LogP contribution in [0.2, 0.25) is 0 Å². The molecule has 0 saturated carbocycles. The Hall–Kier alpha value is -2.49. The van der Waals surface area contributed by atoms with Crippen LogP contribution in [0.4, 0.5) is 5.69 Å². The second-order valence-corrected chi connectivity index (χ2v) is 8.89. The van der Waals surface area contributed by atoms with Gasteiger partial charge in [0, 0.05) is 6.07 Å². The first-order valence-corrected chi connectivity index (χ1v) is 10.6. The predicted molar refractivity (Wildman–Crippen MR) is 105 cm³/mol. The highest BCUT2D eigenvalue weighted by Crippen LogP contribution is 2.35. The average Bonchev–Trinajstić information content (AvgIpc) is 3.09. The van der Waals surface area contributed by atoms with Crippen LogP contribution in [0.3, 0.4) is 0 Å². The van der Waals surface area contributed by atoms with Crippen LogP contribution in [-0.4, -0.2) is 40.5 Å². The van der Waals surface area contributed by atoms with Crippen molar-refractivity contribution in [3.63, 3.8) is 0 Å². The lowest BCUT2D eigenvalue weighted by atomic mass is 10.1. The van der Waals surface area contributed by atoms with Gasteiger partial charge in [-0.15, -0.1) is 0 Å². The molecule has 0 amide bonds. The standard InChI is InChI=1S/C19H23N3O5S/c1-21(2)11-10-20-28(25,26)17-8-9-19(18(13-17)22(23)24)27-16-7-6-14-4-3-5-15(14)12-16/h6-9,12-13,20H,3-5,10-11H2,1-2H3/p+1. The van der Waals surface area contributed by atoms with Crippen LogP contribution in [0.5, 0.6) is 11.5 Å². The zero-order valence-electron chi connectivity index (χ0n) is 15.9. The Morgan fingerprint density at radius 1 is 1.14 bits per heavy atom. The summed E-state index contributed by atoms with van der Waals surface area (Å²) in [6.45, 7) is 0.840. The molecule has 9 heteroatoms. The lowest BCUT2D eigenvalue weighted by Crippen LogP contribution is -3.06. The van der Waals surface area contributed by atoms with E-state index in [0.29, 0.717) is 12.3 Å². The van der Waals surface area contributed by atoms with Gasteiger partial charge in [-0.2, -0.15) is 0 Å². The Morgan fingerprint density at radius 3 is 2.61 bits per heavy atom. The fraction of sp³-hybridized carbons (Fsp3) is 0.368. The number of hydrogen-bond acceptors (Lipinski definition) is 5. The molecular formula is C19H24N3O5S+. The second-order valence-electron chi connectivity index (χ2n) is 7.13. The summed E-state index contributed by atoms with van der Waals surface area (Å²) in [7, 11) is -0.0190. The molecule has 0 spiro atoms. The molecule has 2 N–H and O–H groups in total. The molecule has 0 fully saturated rings. The highest BCUT2D eigenvalue weighted by molar-refractivity contribution is 7.89. The van der Waals surface area contributed by atoms with Gasteiger partial charge in [-0.05, 0) is 54.7 Å². The van der Waals surface area contributed by atoms with Crippen molar-refractivity contribution in [1.82, 2.24) is 4.72 Å². The molecule has 0 radical (unpaired) electrons.